The van der Waals surface area contributed by atoms with E-state index in [0.717, 1.165) is 4.90 Å². The number of hydrogen-bond acceptors (Lipinski definition) is 5. The average Bonchev–Trinajstić information content (AvgIpc) is 2.90. The minimum atomic E-state index is -1.11. The lowest BCUT2D eigenvalue weighted by Crippen LogP contribution is -2.41. The summed E-state index contributed by atoms with van der Waals surface area (Å²) < 4.78 is 0. The van der Waals surface area contributed by atoms with Gasteiger partial charge in [0.05, 0.1) is 5.69 Å². The normalized spacial score (nSPS) is 16.4. The average molecular weight is 411 g/mol. The van der Waals surface area contributed by atoms with Crippen molar-refractivity contribution in [1.29, 1.82) is 0 Å². The molecule has 1 heterocycles. The van der Waals surface area contributed by atoms with Gasteiger partial charge in [0.2, 0.25) is 5.91 Å². The summed E-state index contributed by atoms with van der Waals surface area (Å²) in [7, 11) is 3.64. The van der Waals surface area contributed by atoms with Gasteiger partial charge in [0.1, 0.15) is 12.6 Å². The van der Waals surface area contributed by atoms with Crippen LogP contribution in [0.2, 0.25) is 5.02 Å². The Morgan fingerprint density at radius 1 is 1.18 bits per heavy atom. The van der Waals surface area contributed by atoms with E-state index < -0.39 is 30.5 Å². The second-order valence-corrected chi connectivity index (χ2v) is 7.14. The van der Waals surface area contributed by atoms with Crippen LogP contribution in [0.15, 0.2) is 24.3 Å². The molecule has 1 unspecified atom stereocenters. The number of nitrogens with zero attached hydrogens (tertiary/aromatic N) is 3. The summed E-state index contributed by atoms with van der Waals surface area (Å²) >= 11 is 5.82. The zero-order valence-electron chi connectivity index (χ0n) is 15.7. The van der Waals surface area contributed by atoms with Crippen LogP contribution in [0.3, 0.4) is 0 Å². The molecule has 0 aliphatic carbocycles. The number of halogens is 1. The van der Waals surface area contributed by atoms with Crippen LogP contribution in [0.25, 0.3) is 0 Å². The molecule has 9 nitrogen and oxygen atoms in total. The highest BCUT2D eigenvalue weighted by Gasteiger charge is 2.39. The number of likely N-dealkylation sites (N-methyl/N-ethyl adjacent to an activating group) is 1. The smallest absolute Gasteiger partial charge is 0.329 e. The van der Waals surface area contributed by atoms with Crippen molar-refractivity contribution in [2.24, 2.45) is 0 Å². The first kappa shape index (κ1) is 21.6. The number of benzene rings is 1. The van der Waals surface area contributed by atoms with Gasteiger partial charge in [-0.2, -0.15) is 0 Å². The Labute approximate surface area is 167 Å². The monoisotopic (exact) mass is 410 g/mol. The number of anilines is 1. The lowest BCUT2D eigenvalue weighted by atomic mass is 10.1. The van der Waals surface area contributed by atoms with E-state index in [9.17, 15) is 19.2 Å². The van der Waals surface area contributed by atoms with Crippen LogP contribution in [0.1, 0.15) is 12.8 Å². The first-order valence-corrected chi connectivity index (χ1v) is 9.11. The zero-order chi connectivity index (χ0) is 20.8. The summed E-state index contributed by atoms with van der Waals surface area (Å²) in [5.41, 5.74) is 0.388. The number of carbonyl (C=O) groups excluding carboxylic acids is 3. The van der Waals surface area contributed by atoms with Crippen molar-refractivity contribution in [1.82, 2.24) is 15.1 Å². The maximum absolute atomic E-state index is 12.6. The van der Waals surface area contributed by atoms with Crippen molar-refractivity contribution < 1.29 is 24.3 Å². The van der Waals surface area contributed by atoms with E-state index in [0.29, 0.717) is 17.3 Å². The molecule has 0 saturated carbocycles. The van der Waals surface area contributed by atoms with E-state index in [2.05, 4.69) is 5.32 Å². The molecule has 2 rings (SSSR count). The number of amides is 4. The number of imide groups is 1. The second-order valence-electron chi connectivity index (χ2n) is 6.70. The number of carboxylic acids is 1. The Bertz CT molecular complexity index is 753. The molecule has 28 heavy (non-hydrogen) atoms. The minimum Gasteiger partial charge on any atom is -0.480 e. The minimum absolute atomic E-state index is 0.0497. The second kappa shape index (κ2) is 9.52. The van der Waals surface area contributed by atoms with Gasteiger partial charge in [-0.3, -0.25) is 14.4 Å². The first-order valence-electron chi connectivity index (χ1n) is 8.73. The lowest BCUT2D eigenvalue weighted by Gasteiger charge is -2.23. The largest absolute Gasteiger partial charge is 0.480 e. The SMILES string of the molecule is CN(C)CCN(CC(=O)O)C(=O)CCC1NC(=O)N(c2ccc(Cl)cc2)C1=O. The van der Waals surface area contributed by atoms with Gasteiger partial charge >= 0.3 is 12.0 Å². The van der Waals surface area contributed by atoms with Crippen molar-refractivity contribution in [3.05, 3.63) is 29.3 Å². The van der Waals surface area contributed by atoms with Crippen molar-refractivity contribution in [3.63, 3.8) is 0 Å². The Morgan fingerprint density at radius 3 is 2.39 bits per heavy atom. The van der Waals surface area contributed by atoms with Crippen molar-refractivity contribution >= 4 is 41.1 Å². The van der Waals surface area contributed by atoms with Crippen LogP contribution in [-0.4, -0.2) is 78.5 Å². The molecule has 1 aromatic carbocycles. The van der Waals surface area contributed by atoms with E-state index in [1.807, 2.05) is 19.0 Å². The molecule has 1 atom stereocenters. The quantitative estimate of drug-likeness (QED) is 0.588. The molecular weight excluding hydrogens is 388 g/mol. The van der Waals surface area contributed by atoms with Crippen molar-refractivity contribution in [2.75, 3.05) is 38.6 Å². The van der Waals surface area contributed by atoms with Crippen LogP contribution in [0, 0.1) is 0 Å². The zero-order valence-corrected chi connectivity index (χ0v) is 16.5. The third-order valence-electron chi connectivity index (χ3n) is 4.25. The van der Waals surface area contributed by atoms with E-state index in [-0.39, 0.29) is 25.3 Å². The fraction of sp³-hybridized carbons (Fsp3) is 0.444. The Morgan fingerprint density at radius 2 is 1.82 bits per heavy atom. The Balaban J connectivity index is 1.98. The summed E-state index contributed by atoms with van der Waals surface area (Å²) in [6.45, 7) is 0.372. The molecule has 10 heteroatoms. The van der Waals surface area contributed by atoms with E-state index in [4.69, 9.17) is 16.7 Å². The molecule has 1 fully saturated rings. The van der Waals surface area contributed by atoms with Gasteiger partial charge in [-0.1, -0.05) is 11.6 Å². The third-order valence-corrected chi connectivity index (χ3v) is 4.50. The number of aliphatic carboxylic acids is 1. The molecule has 0 radical (unpaired) electrons. The molecule has 0 aromatic heterocycles. The summed E-state index contributed by atoms with van der Waals surface area (Å²) in [4.78, 5) is 52.2. The topological polar surface area (TPSA) is 110 Å². The number of urea groups is 1. The molecule has 1 aliphatic heterocycles. The van der Waals surface area contributed by atoms with E-state index in [1.165, 1.54) is 4.90 Å². The fourth-order valence-corrected chi connectivity index (χ4v) is 2.89. The van der Waals surface area contributed by atoms with Crippen LogP contribution in [0.5, 0.6) is 0 Å². The predicted molar refractivity (Wildman–Crippen MR) is 103 cm³/mol. The highest BCUT2D eigenvalue weighted by Crippen LogP contribution is 2.23. The van der Waals surface area contributed by atoms with Gasteiger partial charge in [0, 0.05) is 24.5 Å². The lowest BCUT2D eigenvalue weighted by molar-refractivity contribution is -0.144. The Hall–Kier alpha value is -2.65. The number of rotatable bonds is 9. The fourth-order valence-electron chi connectivity index (χ4n) is 2.76. The molecule has 0 bridgehead atoms. The standard InChI is InChI=1S/C18H23ClN4O5/c1-21(2)9-10-22(11-16(25)26)15(24)8-7-14-17(27)23(18(28)20-14)13-5-3-12(19)4-6-13/h3-6,14H,7-11H2,1-2H3,(H,20,28)(H,25,26). The van der Waals surface area contributed by atoms with E-state index >= 15 is 0 Å². The van der Waals surface area contributed by atoms with Gasteiger partial charge in [-0.05, 0) is 44.8 Å². The van der Waals surface area contributed by atoms with Crippen LogP contribution < -0.4 is 10.2 Å². The molecule has 1 aromatic rings. The van der Waals surface area contributed by atoms with Gasteiger partial charge < -0.3 is 20.2 Å². The summed E-state index contributed by atoms with van der Waals surface area (Å²) in [6, 6.07) is 4.85. The number of nitrogens with one attached hydrogen (secondary N) is 1. The van der Waals surface area contributed by atoms with Crippen LogP contribution >= 0.6 is 11.6 Å². The van der Waals surface area contributed by atoms with Gasteiger partial charge in [-0.25, -0.2) is 9.69 Å². The summed E-state index contributed by atoms with van der Waals surface area (Å²) in [6.07, 6.45) is 0.0391. The van der Waals surface area contributed by atoms with Crippen molar-refractivity contribution in [2.45, 2.75) is 18.9 Å². The van der Waals surface area contributed by atoms with Crippen LogP contribution in [-0.2, 0) is 14.4 Å². The first-order chi connectivity index (χ1) is 13.2. The van der Waals surface area contributed by atoms with Gasteiger partial charge in [-0.15, -0.1) is 0 Å². The maximum Gasteiger partial charge on any atom is 0.329 e. The van der Waals surface area contributed by atoms with Gasteiger partial charge in [0.25, 0.3) is 5.91 Å². The predicted octanol–water partition coefficient (Wildman–Crippen LogP) is 1.02. The maximum atomic E-state index is 12.6. The number of hydrogen-bond donors (Lipinski definition) is 2. The van der Waals surface area contributed by atoms with Gasteiger partial charge in [0.15, 0.2) is 0 Å². The van der Waals surface area contributed by atoms with Crippen LogP contribution in [0.4, 0.5) is 10.5 Å². The molecule has 1 aliphatic rings. The number of carboxylic acid groups (broad SMARTS) is 1. The molecule has 0 spiro atoms. The Kier molecular flexibility index (Phi) is 7.36. The molecule has 4 amide bonds. The third kappa shape index (κ3) is 5.67. The highest BCUT2D eigenvalue weighted by atomic mass is 35.5. The highest BCUT2D eigenvalue weighted by molar-refractivity contribution is 6.30. The summed E-state index contributed by atoms with van der Waals surface area (Å²) in [5, 5.41) is 12.0. The number of carbonyl (C=O) groups is 4. The molecule has 1 saturated heterocycles. The molecule has 152 valence electrons. The molecule has 2 N–H and O–H groups in total. The van der Waals surface area contributed by atoms with E-state index in [1.54, 1.807) is 24.3 Å². The summed E-state index contributed by atoms with van der Waals surface area (Å²) in [5.74, 6) is -1.94. The molecular formula is C18H23ClN4O5. The van der Waals surface area contributed by atoms with Crippen molar-refractivity contribution in [3.8, 4) is 0 Å².